The summed E-state index contributed by atoms with van der Waals surface area (Å²) in [5.41, 5.74) is 6.89. The Hall–Kier alpha value is -1.55. The predicted molar refractivity (Wildman–Crippen MR) is 63.2 cm³/mol. The van der Waals surface area contributed by atoms with Gasteiger partial charge in [0.2, 0.25) is 0 Å². The summed E-state index contributed by atoms with van der Waals surface area (Å²) >= 11 is 0. The average Bonchev–Trinajstić information content (AvgIpc) is 2.35. The van der Waals surface area contributed by atoms with Crippen molar-refractivity contribution in [3.63, 3.8) is 0 Å². The number of para-hydroxylation sites is 1. The maximum Gasteiger partial charge on any atom is 0.257 e. The SMILES string of the molecule is CC[C@@H](N)c1ccccc1OCC(=O)NC. The van der Waals surface area contributed by atoms with Crippen LogP contribution in [0.4, 0.5) is 0 Å². The zero-order valence-corrected chi connectivity index (χ0v) is 9.69. The van der Waals surface area contributed by atoms with E-state index >= 15 is 0 Å². The standard InChI is InChI=1S/C12H18N2O2/c1-3-10(13)9-6-4-5-7-11(9)16-8-12(15)14-2/h4-7,10H,3,8,13H2,1-2H3,(H,14,15)/t10-/m1/s1. The van der Waals surface area contributed by atoms with E-state index in [4.69, 9.17) is 10.5 Å². The molecule has 1 atom stereocenters. The van der Waals surface area contributed by atoms with Crippen LogP contribution < -0.4 is 15.8 Å². The fraction of sp³-hybridized carbons (Fsp3) is 0.417. The first-order valence-electron chi connectivity index (χ1n) is 5.37. The van der Waals surface area contributed by atoms with E-state index in [0.717, 1.165) is 12.0 Å². The van der Waals surface area contributed by atoms with Crippen LogP contribution in [-0.4, -0.2) is 19.6 Å². The van der Waals surface area contributed by atoms with Crippen molar-refractivity contribution in [1.82, 2.24) is 5.32 Å². The third-order valence-corrected chi connectivity index (χ3v) is 2.40. The summed E-state index contributed by atoms with van der Waals surface area (Å²) in [6, 6.07) is 7.48. The first-order chi connectivity index (χ1) is 7.69. The predicted octanol–water partition coefficient (Wildman–Crippen LogP) is 1.22. The van der Waals surface area contributed by atoms with E-state index in [0.29, 0.717) is 5.75 Å². The van der Waals surface area contributed by atoms with Crippen molar-refractivity contribution in [3.8, 4) is 5.75 Å². The molecular formula is C12H18N2O2. The van der Waals surface area contributed by atoms with Gasteiger partial charge in [0, 0.05) is 18.7 Å². The van der Waals surface area contributed by atoms with E-state index in [1.807, 2.05) is 31.2 Å². The highest BCUT2D eigenvalue weighted by Crippen LogP contribution is 2.25. The number of amides is 1. The maximum atomic E-state index is 11.1. The van der Waals surface area contributed by atoms with E-state index in [-0.39, 0.29) is 18.6 Å². The van der Waals surface area contributed by atoms with Crippen LogP contribution in [0.15, 0.2) is 24.3 Å². The summed E-state index contributed by atoms with van der Waals surface area (Å²) in [5, 5.41) is 2.50. The van der Waals surface area contributed by atoms with Gasteiger partial charge in [-0.1, -0.05) is 25.1 Å². The molecule has 0 radical (unpaired) electrons. The second-order valence-electron chi connectivity index (χ2n) is 3.51. The minimum atomic E-state index is -0.153. The second kappa shape index (κ2) is 6.12. The largest absolute Gasteiger partial charge is 0.483 e. The third kappa shape index (κ3) is 3.24. The Bertz CT molecular complexity index is 353. The fourth-order valence-corrected chi connectivity index (χ4v) is 1.35. The summed E-state index contributed by atoms with van der Waals surface area (Å²) in [6.45, 7) is 2.03. The Labute approximate surface area is 95.8 Å². The molecule has 1 rings (SSSR count). The van der Waals surface area contributed by atoms with Gasteiger partial charge in [0.25, 0.3) is 5.91 Å². The Morgan fingerprint density at radius 1 is 1.50 bits per heavy atom. The van der Waals surface area contributed by atoms with Gasteiger partial charge in [-0.25, -0.2) is 0 Å². The molecule has 0 heterocycles. The highest BCUT2D eigenvalue weighted by Gasteiger charge is 2.10. The zero-order valence-electron chi connectivity index (χ0n) is 9.69. The number of nitrogens with two attached hydrogens (primary N) is 1. The molecular weight excluding hydrogens is 204 g/mol. The lowest BCUT2D eigenvalue weighted by atomic mass is 10.0. The lowest BCUT2D eigenvalue weighted by Gasteiger charge is -2.15. The maximum absolute atomic E-state index is 11.1. The molecule has 0 unspecified atom stereocenters. The highest BCUT2D eigenvalue weighted by molar-refractivity contribution is 5.77. The van der Waals surface area contributed by atoms with E-state index < -0.39 is 0 Å². The fourth-order valence-electron chi connectivity index (χ4n) is 1.35. The molecule has 0 spiro atoms. The topological polar surface area (TPSA) is 64.3 Å². The van der Waals surface area contributed by atoms with Gasteiger partial charge in [-0.05, 0) is 12.5 Å². The Kier molecular flexibility index (Phi) is 4.79. The van der Waals surface area contributed by atoms with Crippen LogP contribution >= 0.6 is 0 Å². The number of hydrogen-bond acceptors (Lipinski definition) is 3. The molecule has 1 aromatic carbocycles. The van der Waals surface area contributed by atoms with Gasteiger partial charge in [0.15, 0.2) is 6.61 Å². The molecule has 1 amide bonds. The third-order valence-electron chi connectivity index (χ3n) is 2.40. The van der Waals surface area contributed by atoms with E-state index in [1.165, 1.54) is 0 Å². The minimum Gasteiger partial charge on any atom is -0.483 e. The van der Waals surface area contributed by atoms with Crippen LogP contribution in [0, 0.1) is 0 Å². The van der Waals surface area contributed by atoms with Crippen molar-refractivity contribution in [2.24, 2.45) is 5.73 Å². The molecule has 88 valence electrons. The summed E-state index contributed by atoms with van der Waals surface area (Å²) < 4.78 is 5.42. The summed E-state index contributed by atoms with van der Waals surface area (Å²) in [5.74, 6) is 0.528. The monoisotopic (exact) mass is 222 g/mol. The van der Waals surface area contributed by atoms with Crippen LogP contribution in [0.5, 0.6) is 5.75 Å². The average molecular weight is 222 g/mol. The van der Waals surface area contributed by atoms with Gasteiger partial charge in [0.05, 0.1) is 0 Å². The molecule has 0 bridgehead atoms. The van der Waals surface area contributed by atoms with E-state index in [2.05, 4.69) is 5.32 Å². The quantitative estimate of drug-likeness (QED) is 0.787. The number of likely N-dealkylation sites (N-methyl/N-ethyl adjacent to an activating group) is 1. The Morgan fingerprint density at radius 2 is 2.19 bits per heavy atom. The molecule has 0 aliphatic heterocycles. The van der Waals surface area contributed by atoms with Gasteiger partial charge < -0.3 is 15.8 Å². The Morgan fingerprint density at radius 3 is 2.81 bits per heavy atom. The van der Waals surface area contributed by atoms with Gasteiger partial charge in [-0.15, -0.1) is 0 Å². The molecule has 4 heteroatoms. The molecule has 16 heavy (non-hydrogen) atoms. The minimum absolute atomic E-state index is 0.0178. The number of rotatable bonds is 5. The van der Waals surface area contributed by atoms with Gasteiger partial charge in [0.1, 0.15) is 5.75 Å². The summed E-state index contributed by atoms with van der Waals surface area (Å²) in [7, 11) is 1.58. The molecule has 0 aromatic heterocycles. The summed E-state index contributed by atoms with van der Waals surface area (Å²) in [6.07, 6.45) is 0.834. The van der Waals surface area contributed by atoms with Gasteiger partial charge in [-0.2, -0.15) is 0 Å². The van der Waals surface area contributed by atoms with Crippen molar-refractivity contribution in [3.05, 3.63) is 29.8 Å². The highest BCUT2D eigenvalue weighted by atomic mass is 16.5. The molecule has 0 aliphatic rings. The second-order valence-corrected chi connectivity index (χ2v) is 3.51. The van der Waals surface area contributed by atoms with Crippen molar-refractivity contribution >= 4 is 5.91 Å². The lowest BCUT2D eigenvalue weighted by molar-refractivity contribution is -0.122. The number of ether oxygens (including phenoxy) is 1. The normalized spacial score (nSPS) is 11.9. The van der Waals surface area contributed by atoms with Crippen LogP contribution in [0.1, 0.15) is 24.9 Å². The smallest absolute Gasteiger partial charge is 0.257 e. The van der Waals surface area contributed by atoms with Crippen LogP contribution in [0.25, 0.3) is 0 Å². The first-order valence-corrected chi connectivity index (χ1v) is 5.37. The molecule has 0 aliphatic carbocycles. The Balaban J connectivity index is 2.75. The summed E-state index contributed by atoms with van der Waals surface area (Å²) in [4.78, 5) is 11.1. The molecule has 0 saturated carbocycles. The van der Waals surface area contributed by atoms with Gasteiger partial charge in [-0.3, -0.25) is 4.79 Å². The number of benzene rings is 1. The van der Waals surface area contributed by atoms with E-state index in [9.17, 15) is 4.79 Å². The van der Waals surface area contributed by atoms with Crippen LogP contribution in [0.2, 0.25) is 0 Å². The van der Waals surface area contributed by atoms with Crippen molar-refractivity contribution in [1.29, 1.82) is 0 Å². The molecule has 0 saturated heterocycles. The van der Waals surface area contributed by atoms with Crippen molar-refractivity contribution in [2.45, 2.75) is 19.4 Å². The van der Waals surface area contributed by atoms with Crippen molar-refractivity contribution < 1.29 is 9.53 Å². The number of carbonyl (C=O) groups is 1. The zero-order chi connectivity index (χ0) is 12.0. The lowest BCUT2D eigenvalue weighted by Crippen LogP contribution is -2.25. The van der Waals surface area contributed by atoms with Crippen LogP contribution in [0.3, 0.4) is 0 Å². The molecule has 4 nitrogen and oxygen atoms in total. The first kappa shape index (κ1) is 12.5. The van der Waals surface area contributed by atoms with Gasteiger partial charge >= 0.3 is 0 Å². The molecule has 3 N–H and O–H groups in total. The number of hydrogen-bond donors (Lipinski definition) is 2. The van der Waals surface area contributed by atoms with Crippen molar-refractivity contribution in [2.75, 3.05) is 13.7 Å². The molecule has 0 fully saturated rings. The number of carbonyl (C=O) groups excluding carboxylic acids is 1. The molecule has 1 aromatic rings. The number of nitrogens with one attached hydrogen (secondary N) is 1. The van der Waals surface area contributed by atoms with E-state index in [1.54, 1.807) is 7.05 Å². The van der Waals surface area contributed by atoms with Crippen LogP contribution in [-0.2, 0) is 4.79 Å².